The summed E-state index contributed by atoms with van der Waals surface area (Å²) in [5.74, 6) is -0.138. The Hall–Kier alpha value is -3.21. The third-order valence-corrected chi connectivity index (χ3v) is 3.82. The van der Waals surface area contributed by atoms with E-state index in [2.05, 4.69) is 20.6 Å². The molecule has 0 saturated heterocycles. The van der Waals surface area contributed by atoms with Gasteiger partial charge in [-0.3, -0.25) is 14.8 Å². The number of hydrogen-bond donors (Lipinski definition) is 2. The summed E-state index contributed by atoms with van der Waals surface area (Å²) in [6, 6.07) is 13.8. The van der Waals surface area contributed by atoms with Crippen molar-refractivity contribution in [3.8, 4) is 0 Å². The number of pyridine rings is 2. The van der Waals surface area contributed by atoms with Crippen molar-refractivity contribution < 1.29 is 4.79 Å². The third kappa shape index (κ3) is 4.88. The van der Waals surface area contributed by atoms with Gasteiger partial charge < -0.3 is 10.6 Å². The van der Waals surface area contributed by atoms with Gasteiger partial charge in [-0.05, 0) is 36.2 Å². The van der Waals surface area contributed by atoms with Crippen LogP contribution in [-0.2, 0) is 13.1 Å². The summed E-state index contributed by atoms with van der Waals surface area (Å²) >= 11 is 0. The first-order valence-corrected chi connectivity index (χ1v) is 8.12. The maximum Gasteiger partial charge on any atom is 0.253 e. The van der Waals surface area contributed by atoms with E-state index in [9.17, 15) is 4.79 Å². The lowest BCUT2D eigenvalue weighted by molar-refractivity contribution is 0.0950. The molecule has 0 fully saturated rings. The van der Waals surface area contributed by atoms with Crippen molar-refractivity contribution in [3.05, 3.63) is 89.5 Å². The average molecular weight is 332 g/mol. The second-order valence-corrected chi connectivity index (χ2v) is 5.84. The Balaban J connectivity index is 1.58. The molecular formula is C20H20N4O. The summed E-state index contributed by atoms with van der Waals surface area (Å²) in [6.07, 6.45) is 6.79. The standard InChI is InChI=1S/C20H20N4O/c1-15-2-4-16(5-3-15)12-24-20(25)18-10-19(14-22-13-18)23-11-17-6-8-21-9-7-17/h2-10,13-14,23H,11-12H2,1H3,(H,24,25). The highest BCUT2D eigenvalue weighted by atomic mass is 16.1. The molecule has 1 amide bonds. The zero-order valence-corrected chi connectivity index (χ0v) is 14.1. The highest BCUT2D eigenvalue weighted by molar-refractivity contribution is 5.94. The smallest absolute Gasteiger partial charge is 0.253 e. The molecule has 2 heterocycles. The number of benzene rings is 1. The van der Waals surface area contributed by atoms with Crippen LogP contribution in [0, 0.1) is 6.92 Å². The largest absolute Gasteiger partial charge is 0.380 e. The van der Waals surface area contributed by atoms with E-state index in [1.807, 2.05) is 43.3 Å². The zero-order chi connectivity index (χ0) is 17.5. The SMILES string of the molecule is Cc1ccc(CNC(=O)c2cncc(NCc3ccncc3)c2)cc1. The van der Waals surface area contributed by atoms with E-state index in [0.29, 0.717) is 18.7 Å². The Labute approximate surface area is 147 Å². The first kappa shape index (κ1) is 16.6. The maximum atomic E-state index is 12.3. The molecule has 1 aromatic carbocycles. The zero-order valence-electron chi connectivity index (χ0n) is 14.1. The molecule has 0 aliphatic heterocycles. The lowest BCUT2D eigenvalue weighted by Crippen LogP contribution is -2.23. The van der Waals surface area contributed by atoms with Crippen LogP contribution in [0.15, 0.2) is 67.3 Å². The van der Waals surface area contributed by atoms with Gasteiger partial charge in [0, 0.05) is 37.9 Å². The van der Waals surface area contributed by atoms with Gasteiger partial charge in [0.05, 0.1) is 11.3 Å². The molecule has 2 aromatic heterocycles. The van der Waals surface area contributed by atoms with Gasteiger partial charge in [-0.2, -0.15) is 0 Å². The van der Waals surface area contributed by atoms with Gasteiger partial charge in [0.1, 0.15) is 0 Å². The van der Waals surface area contributed by atoms with Crippen LogP contribution in [0.25, 0.3) is 0 Å². The number of aromatic nitrogens is 2. The van der Waals surface area contributed by atoms with Crippen molar-refractivity contribution in [3.63, 3.8) is 0 Å². The van der Waals surface area contributed by atoms with Crippen molar-refractivity contribution >= 4 is 11.6 Å². The first-order chi connectivity index (χ1) is 12.2. The van der Waals surface area contributed by atoms with E-state index >= 15 is 0 Å². The molecule has 25 heavy (non-hydrogen) atoms. The fraction of sp³-hybridized carbons (Fsp3) is 0.150. The number of rotatable bonds is 6. The highest BCUT2D eigenvalue weighted by Gasteiger charge is 2.07. The topological polar surface area (TPSA) is 66.9 Å². The summed E-state index contributed by atoms with van der Waals surface area (Å²) < 4.78 is 0. The van der Waals surface area contributed by atoms with E-state index in [1.165, 1.54) is 5.56 Å². The molecule has 0 atom stereocenters. The Bertz CT molecular complexity index is 832. The second-order valence-electron chi connectivity index (χ2n) is 5.84. The van der Waals surface area contributed by atoms with Crippen molar-refractivity contribution in [1.29, 1.82) is 0 Å². The normalized spacial score (nSPS) is 10.3. The molecule has 5 heteroatoms. The Morgan fingerprint density at radius 2 is 1.64 bits per heavy atom. The quantitative estimate of drug-likeness (QED) is 0.726. The van der Waals surface area contributed by atoms with E-state index in [-0.39, 0.29) is 5.91 Å². The number of aryl methyl sites for hydroxylation is 1. The van der Waals surface area contributed by atoms with Crippen LogP contribution in [0.1, 0.15) is 27.0 Å². The summed E-state index contributed by atoms with van der Waals surface area (Å²) in [4.78, 5) is 20.5. The lowest BCUT2D eigenvalue weighted by Gasteiger charge is -2.09. The number of nitrogens with one attached hydrogen (secondary N) is 2. The third-order valence-electron chi connectivity index (χ3n) is 3.82. The van der Waals surface area contributed by atoms with Crippen LogP contribution in [0.2, 0.25) is 0 Å². The van der Waals surface area contributed by atoms with Crippen LogP contribution < -0.4 is 10.6 Å². The molecule has 3 rings (SSSR count). The lowest BCUT2D eigenvalue weighted by atomic mass is 10.1. The van der Waals surface area contributed by atoms with E-state index in [1.54, 1.807) is 30.9 Å². The molecule has 3 aromatic rings. The van der Waals surface area contributed by atoms with Crippen molar-refractivity contribution in [1.82, 2.24) is 15.3 Å². The molecule has 2 N–H and O–H groups in total. The number of carbonyl (C=O) groups is 1. The number of anilines is 1. The average Bonchev–Trinajstić information content (AvgIpc) is 2.67. The Kier molecular flexibility index (Phi) is 5.36. The van der Waals surface area contributed by atoms with Gasteiger partial charge in [0.2, 0.25) is 0 Å². The fourth-order valence-electron chi connectivity index (χ4n) is 2.36. The van der Waals surface area contributed by atoms with E-state index in [0.717, 1.165) is 16.8 Å². The summed E-state index contributed by atoms with van der Waals surface area (Å²) in [5, 5.41) is 6.19. The summed E-state index contributed by atoms with van der Waals surface area (Å²) in [6.45, 7) is 3.19. The number of amides is 1. The number of carbonyl (C=O) groups excluding carboxylic acids is 1. The molecule has 0 radical (unpaired) electrons. The van der Waals surface area contributed by atoms with Crippen molar-refractivity contribution in [2.75, 3.05) is 5.32 Å². The Morgan fingerprint density at radius 3 is 2.40 bits per heavy atom. The van der Waals surface area contributed by atoms with Gasteiger partial charge >= 0.3 is 0 Å². The molecule has 126 valence electrons. The van der Waals surface area contributed by atoms with Crippen molar-refractivity contribution in [2.45, 2.75) is 20.0 Å². The molecule has 0 saturated carbocycles. The van der Waals surface area contributed by atoms with Crippen LogP contribution in [0.3, 0.4) is 0 Å². The molecule has 0 unspecified atom stereocenters. The van der Waals surface area contributed by atoms with Crippen LogP contribution in [-0.4, -0.2) is 15.9 Å². The minimum Gasteiger partial charge on any atom is -0.380 e. The van der Waals surface area contributed by atoms with Gasteiger partial charge in [0.15, 0.2) is 0 Å². The second kappa shape index (κ2) is 8.06. The molecule has 0 spiro atoms. The van der Waals surface area contributed by atoms with E-state index < -0.39 is 0 Å². The molecule has 5 nitrogen and oxygen atoms in total. The monoisotopic (exact) mass is 332 g/mol. The first-order valence-electron chi connectivity index (χ1n) is 8.12. The maximum absolute atomic E-state index is 12.3. The summed E-state index contributed by atoms with van der Waals surface area (Å²) in [5.41, 5.74) is 4.72. The molecule has 0 bridgehead atoms. The molecular weight excluding hydrogens is 312 g/mol. The minimum absolute atomic E-state index is 0.138. The number of hydrogen-bond acceptors (Lipinski definition) is 4. The molecule has 0 aliphatic carbocycles. The van der Waals surface area contributed by atoms with Crippen LogP contribution in [0.5, 0.6) is 0 Å². The summed E-state index contributed by atoms with van der Waals surface area (Å²) in [7, 11) is 0. The Morgan fingerprint density at radius 1 is 0.920 bits per heavy atom. The predicted molar refractivity (Wildman–Crippen MR) is 98.1 cm³/mol. The number of nitrogens with zero attached hydrogens (tertiary/aromatic N) is 2. The van der Waals surface area contributed by atoms with Gasteiger partial charge in [-0.15, -0.1) is 0 Å². The molecule has 0 aliphatic rings. The predicted octanol–water partition coefficient (Wildman–Crippen LogP) is 3.33. The van der Waals surface area contributed by atoms with Crippen LogP contribution >= 0.6 is 0 Å². The minimum atomic E-state index is -0.138. The van der Waals surface area contributed by atoms with Gasteiger partial charge in [0.25, 0.3) is 5.91 Å². The highest BCUT2D eigenvalue weighted by Crippen LogP contribution is 2.11. The van der Waals surface area contributed by atoms with Gasteiger partial charge in [-0.1, -0.05) is 29.8 Å². The van der Waals surface area contributed by atoms with E-state index in [4.69, 9.17) is 0 Å². The fourth-order valence-corrected chi connectivity index (χ4v) is 2.36. The van der Waals surface area contributed by atoms with Crippen molar-refractivity contribution in [2.24, 2.45) is 0 Å². The van der Waals surface area contributed by atoms with Gasteiger partial charge in [-0.25, -0.2) is 0 Å². The van der Waals surface area contributed by atoms with Crippen LogP contribution in [0.4, 0.5) is 5.69 Å².